The van der Waals surface area contributed by atoms with Crippen molar-refractivity contribution in [2.45, 2.75) is 91.4 Å². The SMILES string of the molecule is CCCCCCCCCCCCC(C)(C)C(N)=O. The third-order valence-electron chi connectivity index (χ3n) is 3.82. The van der Waals surface area contributed by atoms with Crippen LogP contribution in [0.1, 0.15) is 91.4 Å². The fourth-order valence-electron chi connectivity index (χ4n) is 2.18. The first-order chi connectivity index (χ1) is 8.50. The summed E-state index contributed by atoms with van der Waals surface area (Å²) in [6.45, 7) is 6.15. The van der Waals surface area contributed by atoms with Crippen molar-refractivity contribution in [2.75, 3.05) is 0 Å². The molecule has 0 heterocycles. The highest BCUT2D eigenvalue weighted by atomic mass is 16.1. The molecule has 2 nitrogen and oxygen atoms in total. The van der Waals surface area contributed by atoms with Crippen molar-refractivity contribution in [3.05, 3.63) is 0 Å². The second-order valence-electron chi connectivity index (χ2n) is 6.18. The minimum absolute atomic E-state index is 0.168. The molecule has 2 heteroatoms. The normalized spacial score (nSPS) is 11.7. The fraction of sp³-hybridized carbons (Fsp3) is 0.938. The van der Waals surface area contributed by atoms with Crippen molar-refractivity contribution in [3.63, 3.8) is 0 Å². The maximum atomic E-state index is 11.1. The van der Waals surface area contributed by atoms with Gasteiger partial charge in [-0.3, -0.25) is 4.79 Å². The number of primary amides is 1. The Bertz CT molecular complexity index is 211. The molecule has 0 saturated carbocycles. The first-order valence-electron chi connectivity index (χ1n) is 7.80. The maximum Gasteiger partial charge on any atom is 0.223 e. The summed E-state index contributed by atoms with van der Waals surface area (Å²) >= 11 is 0. The van der Waals surface area contributed by atoms with Gasteiger partial charge in [0.05, 0.1) is 0 Å². The van der Waals surface area contributed by atoms with Gasteiger partial charge in [-0.15, -0.1) is 0 Å². The lowest BCUT2D eigenvalue weighted by atomic mass is 9.86. The molecule has 108 valence electrons. The molecule has 0 aromatic carbocycles. The molecular formula is C16H33NO. The molecule has 0 aromatic rings. The third-order valence-corrected chi connectivity index (χ3v) is 3.82. The van der Waals surface area contributed by atoms with Gasteiger partial charge >= 0.3 is 0 Å². The molecule has 0 atom stereocenters. The summed E-state index contributed by atoms with van der Waals surface area (Å²) in [4.78, 5) is 11.1. The topological polar surface area (TPSA) is 43.1 Å². The molecule has 0 unspecified atom stereocenters. The van der Waals surface area contributed by atoms with Gasteiger partial charge in [0.2, 0.25) is 5.91 Å². The molecule has 0 aliphatic rings. The lowest BCUT2D eigenvalue weighted by Gasteiger charge is -2.19. The summed E-state index contributed by atoms with van der Waals surface area (Å²) in [6.07, 6.45) is 14.3. The zero-order chi connectivity index (χ0) is 13.9. The van der Waals surface area contributed by atoms with E-state index in [1.807, 2.05) is 13.8 Å². The number of rotatable bonds is 12. The van der Waals surface area contributed by atoms with E-state index >= 15 is 0 Å². The number of nitrogens with two attached hydrogens (primary N) is 1. The van der Waals surface area contributed by atoms with Crippen LogP contribution < -0.4 is 5.73 Å². The molecular weight excluding hydrogens is 222 g/mol. The van der Waals surface area contributed by atoms with Gasteiger partial charge in [0.25, 0.3) is 0 Å². The van der Waals surface area contributed by atoms with E-state index in [0.29, 0.717) is 0 Å². The standard InChI is InChI=1S/C16H33NO/c1-4-5-6-7-8-9-10-11-12-13-14-16(2,3)15(17)18/h4-14H2,1-3H3,(H2,17,18). The molecule has 0 saturated heterocycles. The first kappa shape index (κ1) is 17.5. The molecule has 0 fully saturated rings. The van der Waals surface area contributed by atoms with E-state index < -0.39 is 0 Å². The summed E-state index contributed by atoms with van der Waals surface area (Å²) in [6, 6.07) is 0. The quantitative estimate of drug-likeness (QED) is 0.500. The molecule has 0 spiro atoms. The summed E-state index contributed by atoms with van der Waals surface area (Å²) < 4.78 is 0. The number of amides is 1. The highest BCUT2D eigenvalue weighted by Crippen LogP contribution is 2.23. The number of carbonyl (C=O) groups excluding carboxylic acids is 1. The van der Waals surface area contributed by atoms with E-state index in [1.54, 1.807) is 0 Å². The van der Waals surface area contributed by atoms with Crippen molar-refractivity contribution in [3.8, 4) is 0 Å². The fourth-order valence-corrected chi connectivity index (χ4v) is 2.18. The monoisotopic (exact) mass is 255 g/mol. The predicted molar refractivity (Wildman–Crippen MR) is 79.4 cm³/mol. The highest BCUT2D eigenvalue weighted by molar-refractivity contribution is 5.79. The summed E-state index contributed by atoms with van der Waals surface area (Å²) in [5.74, 6) is -0.168. The Balaban J connectivity index is 3.24. The summed E-state index contributed by atoms with van der Waals surface area (Å²) in [5, 5.41) is 0. The van der Waals surface area contributed by atoms with Crippen LogP contribution in [0.5, 0.6) is 0 Å². The van der Waals surface area contributed by atoms with Crippen LogP contribution in [0.25, 0.3) is 0 Å². The van der Waals surface area contributed by atoms with E-state index in [-0.39, 0.29) is 11.3 Å². The largest absolute Gasteiger partial charge is 0.369 e. The molecule has 1 amide bonds. The van der Waals surface area contributed by atoms with E-state index in [0.717, 1.165) is 12.8 Å². The average Bonchev–Trinajstić information content (AvgIpc) is 2.31. The molecule has 0 aliphatic carbocycles. The second kappa shape index (κ2) is 10.4. The molecule has 0 bridgehead atoms. The number of unbranched alkanes of at least 4 members (excludes halogenated alkanes) is 9. The first-order valence-corrected chi connectivity index (χ1v) is 7.80. The Hall–Kier alpha value is -0.530. The Morgan fingerprint density at radius 3 is 1.61 bits per heavy atom. The summed E-state index contributed by atoms with van der Waals surface area (Å²) in [5.41, 5.74) is 5.03. The molecule has 0 aliphatic heterocycles. The predicted octanol–water partition coefficient (Wildman–Crippen LogP) is 4.81. The van der Waals surface area contributed by atoms with Crippen LogP contribution in [-0.4, -0.2) is 5.91 Å². The van der Waals surface area contributed by atoms with Crippen LogP contribution in [0.15, 0.2) is 0 Å². The van der Waals surface area contributed by atoms with Crippen molar-refractivity contribution in [1.29, 1.82) is 0 Å². The van der Waals surface area contributed by atoms with E-state index in [1.165, 1.54) is 57.8 Å². The summed E-state index contributed by atoms with van der Waals surface area (Å²) in [7, 11) is 0. The zero-order valence-corrected chi connectivity index (χ0v) is 12.8. The van der Waals surface area contributed by atoms with Crippen molar-refractivity contribution in [1.82, 2.24) is 0 Å². The van der Waals surface area contributed by atoms with Crippen LogP contribution in [0, 0.1) is 5.41 Å². The molecule has 0 aromatic heterocycles. The van der Waals surface area contributed by atoms with Crippen LogP contribution in [0.3, 0.4) is 0 Å². The van der Waals surface area contributed by atoms with E-state index in [4.69, 9.17) is 5.73 Å². The Kier molecular flexibility index (Phi) is 10.1. The smallest absolute Gasteiger partial charge is 0.223 e. The van der Waals surface area contributed by atoms with Crippen molar-refractivity contribution < 1.29 is 4.79 Å². The molecule has 0 rings (SSSR count). The van der Waals surface area contributed by atoms with E-state index in [9.17, 15) is 4.79 Å². The second-order valence-corrected chi connectivity index (χ2v) is 6.18. The van der Waals surface area contributed by atoms with Crippen molar-refractivity contribution >= 4 is 5.91 Å². The Morgan fingerprint density at radius 1 is 0.833 bits per heavy atom. The van der Waals surface area contributed by atoms with Gasteiger partial charge in [-0.1, -0.05) is 85.0 Å². The van der Waals surface area contributed by atoms with Crippen LogP contribution >= 0.6 is 0 Å². The third kappa shape index (κ3) is 9.49. The number of hydrogen-bond donors (Lipinski definition) is 1. The Labute approximate surface area is 114 Å². The minimum Gasteiger partial charge on any atom is -0.369 e. The van der Waals surface area contributed by atoms with Gasteiger partial charge in [0, 0.05) is 5.41 Å². The Morgan fingerprint density at radius 2 is 1.22 bits per heavy atom. The lowest BCUT2D eigenvalue weighted by Crippen LogP contribution is -2.31. The van der Waals surface area contributed by atoms with Gasteiger partial charge in [-0.2, -0.15) is 0 Å². The van der Waals surface area contributed by atoms with Crippen molar-refractivity contribution in [2.24, 2.45) is 11.1 Å². The van der Waals surface area contributed by atoms with Gasteiger partial charge in [-0.25, -0.2) is 0 Å². The minimum atomic E-state index is -0.319. The van der Waals surface area contributed by atoms with Gasteiger partial charge in [-0.05, 0) is 6.42 Å². The molecule has 18 heavy (non-hydrogen) atoms. The van der Waals surface area contributed by atoms with Crippen LogP contribution in [0.2, 0.25) is 0 Å². The highest BCUT2D eigenvalue weighted by Gasteiger charge is 2.23. The van der Waals surface area contributed by atoms with Gasteiger partial charge in [0.1, 0.15) is 0 Å². The molecule has 2 N–H and O–H groups in total. The van der Waals surface area contributed by atoms with Gasteiger partial charge in [0.15, 0.2) is 0 Å². The maximum absolute atomic E-state index is 11.1. The number of hydrogen-bond acceptors (Lipinski definition) is 1. The van der Waals surface area contributed by atoms with Crippen LogP contribution in [-0.2, 0) is 4.79 Å². The van der Waals surface area contributed by atoms with Crippen LogP contribution in [0.4, 0.5) is 0 Å². The number of carbonyl (C=O) groups is 1. The average molecular weight is 255 g/mol. The molecule has 0 radical (unpaired) electrons. The van der Waals surface area contributed by atoms with Gasteiger partial charge < -0.3 is 5.73 Å². The lowest BCUT2D eigenvalue weighted by molar-refractivity contribution is -0.126. The zero-order valence-electron chi connectivity index (χ0n) is 12.8. The van der Waals surface area contributed by atoms with E-state index in [2.05, 4.69) is 6.92 Å².